The summed E-state index contributed by atoms with van der Waals surface area (Å²) < 4.78 is 29.5. The molecule has 0 unspecified atom stereocenters. The van der Waals surface area contributed by atoms with Crippen LogP contribution in [-0.4, -0.2) is 56.1 Å². The average molecular weight is 315 g/mol. The molecule has 1 aliphatic heterocycles. The lowest BCUT2D eigenvalue weighted by molar-refractivity contribution is 0.163. The molecule has 1 saturated heterocycles. The normalized spacial score (nSPS) is 17.2. The fraction of sp³-hybridized carbons (Fsp3) is 0.615. The van der Waals surface area contributed by atoms with Gasteiger partial charge in [-0.2, -0.15) is 0 Å². The van der Waals surface area contributed by atoms with Crippen LogP contribution in [0.5, 0.6) is 0 Å². The quantitative estimate of drug-likeness (QED) is 0.893. The Hall–Kier alpha value is -1.54. The average Bonchev–Trinajstić information content (AvgIpc) is 2.96. The Morgan fingerprint density at radius 3 is 2.67 bits per heavy atom. The summed E-state index contributed by atoms with van der Waals surface area (Å²) in [7, 11) is -1.59. The highest BCUT2D eigenvalue weighted by molar-refractivity contribution is 7.88. The van der Waals surface area contributed by atoms with Crippen LogP contribution in [0.25, 0.3) is 0 Å². The molecule has 1 aromatic heterocycles. The maximum absolute atomic E-state index is 12.0. The first-order valence-corrected chi connectivity index (χ1v) is 8.71. The van der Waals surface area contributed by atoms with Gasteiger partial charge in [0.15, 0.2) is 0 Å². The summed E-state index contributed by atoms with van der Waals surface area (Å²) in [6, 6.07) is 3.39. The van der Waals surface area contributed by atoms with Crippen LogP contribution in [0, 0.1) is 0 Å². The third-order valence-corrected chi connectivity index (χ3v) is 5.13. The first-order valence-electron chi connectivity index (χ1n) is 6.86. The predicted molar refractivity (Wildman–Crippen MR) is 78.1 cm³/mol. The largest absolute Gasteiger partial charge is 0.467 e. The predicted octanol–water partition coefficient (Wildman–Crippen LogP) is 0.845. The zero-order chi connectivity index (χ0) is 15.5. The van der Waals surface area contributed by atoms with E-state index in [2.05, 4.69) is 5.32 Å². The molecule has 118 valence electrons. The number of nitrogens with zero attached hydrogens (tertiary/aromatic N) is 2. The molecular formula is C13H21N3O4S. The summed E-state index contributed by atoms with van der Waals surface area (Å²) >= 11 is 0. The van der Waals surface area contributed by atoms with Gasteiger partial charge in [0.05, 0.1) is 19.1 Å². The minimum absolute atomic E-state index is 0.0332. The van der Waals surface area contributed by atoms with Crippen molar-refractivity contribution in [2.24, 2.45) is 0 Å². The Morgan fingerprint density at radius 2 is 2.14 bits per heavy atom. The Morgan fingerprint density at radius 1 is 1.48 bits per heavy atom. The molecule has 7 nitrogen and oxygen atoms in total. The number of carbonyl (C=O) groups is 1. The number of furan rings is 1. The van der Waals surface area contributed by atoms with Crippen molar-refractivity contribution in [3.05, 3.63) is 24.2 Å². The maximum atomic E-state index is 12.0. The number of hydrogen-bond acceptors (Lipinski definition) is 4. The number of hydrogen-bond donors (Lipinski definition) is 1. The number of piperidine rings is 1. The molecular weight excluding hydrogens is 294 g/mol. The van der Waals surface area contributed by atoms with E-state index in [1.807, 2.05) is 0 Å². The van der Waals surface area contributed by atoms with Crippen LogP contribution in [0.3, 0.4) is 0 Å². The highest BCUT2D eigenvalue weighted by Gasteiger charge is 2.28. The zero-order valence-corrected chi connectivity index (χ0v) is 13.1. The monoisotopic (exact) mass is 315 g/mol. The van der Waals surface area contributed by atoms with Gasteiger partial charge in [-0.1, -0.05) is 0 Å². The van der Waals surface area contributed by atoms with E-state index in [1.165, 1.54) is 10.6 Å². The third-order valence-electron chi connectivity index (χ3n) is 3.78. The lowest BCUT2D eigenvalue weighted by Gasteiger charge is -2.35. The van der Waals surface area contributed by atoms with E-state index in [-0.39, 0.29) is 12.1 Å². The molecule has 1 N–H and O–H groups in total. The van der Waals surface area contributed by atoms with Gasteiger partial charge in [0.25, 0.3) is 0 Å². The van der Waals surface area contributed by atoms with Crippen molar-refractivity contribution >= 4 is 16.1 Å². The molecule has 0 aliphatic carbocycles. The van der Waals surface area contributed by atoms with E-state index in [1.54, 1.807) is 30.3 Å². The number of sulfonamides is 1. The van der Waals surface area contributed by atoms with Gasteiger partial charge in [0.1, 0.15) is 5.76 Å². The summed E-state index contributed by atoms with van der Waals surface area (Å²) in [5, 5.41) is 2.79. The van der Waals surface area contributed by atoms with Crippen LogP contribution >= 0.6 is 0 Å². The number of amides is 2. The van der Waals surface area contributed by atoms with Crippen molar-refractivity contribution in [3.8, 4) is 0 Å². The molecule has 8 heteroatoms. The molecule has 2 heterocycles. The Labute approximate surface area is 124 Å². The number of likely N-dealkylation sites (tertiary alicyclic amines) is 1. The van der Waals surface area contributed by atoms with E-state index >= 15 is 0 Å². The molecule has 0 radical (unpaired) electrons. The Balaban J connectivity index is 1.79. The highest BCUT2D eigenvalue weighted by Crippen LogP contribution is 2.17. The standard InChI is InChI=1S/C13H21N3O4S/c1-15(21(2,18)19)11-5-7-16(8-6-11)13(17)14-10-12-4-3-9-20-12/h3-4,9,11H,5-8,10H2,1-2H3,(H,14,17). The molecule has 2 rings (SSSR count). The van der Waals surface area contributed by atoms with Gasteiger partial charge in [-0.15, -0.1) is 0 Å². The van der Waals surface area contributed by atoms with E-state index in [0.29, 0.717) is 38.2 Å². The number of urea groups is 1. The smallest absolute Gasteiger partial charge is 0.317 e. The van der Waals surface area contributed by atoms with E-state index in [0.717, 1.165) is 0 Å². The Bertz CT molecular complexity index is 562. The van der Waals surface area contributed by atoms with Gasteiger partial charge in [0.2, 0.25) is 10.0 Å². The summed E-state index contributed by atoms with van der Waals surface area (Å²) in [6.07, 6.45) is 4.07. The van der Waals surface area contributed by atoms with Crippen LogP contribution in [-0.2, 0) is 16.6 Å². The minimum atomic E-state index is -3.18. The topological polar surface area (TPSA) is 82.9 Å². The van der Waals surface area contributed by atoms with E-state index in [9.17, 15) is 13.2 Å². The zero-order valence-electron chi connectivity index (χ0n) is 12.3. The molecule has 0 bridgehead atoms. The fourth-order valence-corrected chi connectivity index (χ4v) is 3.14. The van der Waals surface area contributed by atoms with E-state index in [4.69, 9.17) is 4.42 Å². The molecule has 1 aromatic rings. The van der Waals surface area contributed by atoms with Crippen molar-refractivity contribution < 1.29 is 17.6 Å². The SMILES string of the molecule is CN(C1CCN(C(=O)NCc2ccco2)CC1)S(C)(=O)=O. The van der Waals surface area contributed by atoms with Crippen molar-refractivity contribution in [1.82, 2.24) is 14.5 Å². The number of nitrogens with one attached hydrogen (secondary N) is 1. The number of rotatable bonds is 4. The van der Waals surface area contributed by atoms with Gasteiger partial charge in [-0.25, -0.2) is 17.5 Å². The summed E-state index contributed by atoms with van der Waals surface area (Å²) in [6.45, 7) is 1.46. The van der Waals surface area contributed by atoms with Crippen molar-refractivity contribution in [2.45, 2.75) is 25.4 Å². The van der Waals surface area contributed by atoms with Crippen molar-refractivity contribution in [3.63, 3.8) is 0 Å². The first-order chi connectivity index (χ1) is 9.88. The van der Waals surface area contributed by atoms with E-state index < -0.39 is 10.0 Å². The van der Waals surface area contributed by atoms with Crippen molar-refractivity contribution in [2.75, 3.05) is 26.4 Å². The maximum Gasteiger partial charge on any atom is 0.317 e. The lowest BCUT2D eigenvalue weighted by atomic mass is 10.1. The van der Waals surface area contributed by atoms with Gasteiger partial charge in [0, 0.05) is 26.2 Å². The van der Waals surface area contributed by atoms with Crippen LogP contribution in [0.4, 0.5) is 4.79 Å². The van der Waals surface area contributed by atoms with Crippen molar-refractivity contribution in [1.29, 1.82) is 0 Å². The van der Waals surface area contributed by atoms with Gasteiger partial charge in [-0.3, -0.25) is 0 Å². The molecule has 0 spiro atoms. The highest BCUT2D eigenvalue weighted by atomic mass is 32.2. The Kier molecular flexibility index (Phi) is 4.89. The van der Waals surface area contributed by atoms with Gasteiger partial charge < -0.3 is 14.6 Å². The second-order valence-corrected chi connectivity index (χ2v) is 7.28. The lowest BCUT2D eigenvalue weighted by Crippen LogP contribution is -2.49. The van der Waals surface area contributed by atoms with Crippen LogP contribution < -0.4 is 5.32 Å². The second-order valence-electron chi connectivity index (χ2n) is 5.24. The van der Waals surface area contributed by atoms with Gasteiger partial charge >= 0.3 is 6.03 Å². The van der Waals surface area contributed by atoms with Crippen LogP contribution in [0.15, 0.2) is 22.8 Å². The fourth-order valence-electron chi connectivity index (χ4n) is 2.39. The first kappa shape index (κ1) is 15.8. The van der Waals surface area contributed by atoms with Crippen LogP contribution in [0.2, 0.25) is 0 Å². The minimum Gasteiger partial charge on any atom is -0.467 e. The second kappa shape index (κ2) is 6.48. The third kappa shape index (κ3) is 4.21. The molecule has 0 aromatic carbocycles. The number of carbonyl (C=O) groups excluding carboxylic acids is 1. The molecule has 21 heavy (non-hydrogen) atoms. The van der Waals surface area contributed by atoms with Gasteiger partial charge in [-0.05, 0) is 25.0 Å². The summed E-state index contributed by atoms with van der Waals surface area (Å²) in [5.41, 5.74) is 0. The molecule has 0 atom stereocenters. The molecule has 1 aliphatic rings. The van der Waals surface area contributed by atoms with Crippen LogP contribution in [0.1, 0.15) is 18.6 Å². The molecule has 2 amide bonds. The summed E-state index contributed by atoms with van der Waals surface area (Å²) in [5.74, 6) is 0.704. The molecule has 0 saturated carbocycles. The molecule has 1 fully saturated rings. The summed E-state index contributed by atoms with van der Waals surface area (Å²) in [4.78, 5) is 13.7.